The van der Waals surface area contributed by atoms with Crippen LogP contribution < -0.4 is 5.32 Å². The van der Waals surface area contributed by atoms with E-state index < -0.39 is 6.04 Å². The van der Waals surface area contributed by atoms with E-state index >= 15 is 0 Å². The lowest BCUT2D eigenvalue weighted by Crippen LogP contribution is -2.50. The topological polar surface area (TPSA) is 49.4 Å². The molecule has 0 radical (unpaired) electrons. The first kappa shape index (κ1) is 25.9. The number of nitrogens with zero attached hydrogens (tertiary/aromatic N) is 1. The van der Waals surface area contributed by atoms with Gasteiger partial charge in [0.15, 0.2) is 0 Å². The van der Waals surface area contributed by atoms with E-state index in [9.17, 15) is 9.59 Å². The van der Waals surface area contributed by atoms with Gasteiger partial charge in [-0.05, 0) is 49.9 Å². The van der Waals surface area contributed by atoms with E-state index in [1.807, 2.05) is 44.2 Å². The fourth-order valence-electron chi connectivity index (χ4n) is 4.13. The van der Waals surface area contributed by atoms with Crippen LogP contribution in [0.15, 0.2) is 42.5 Å². The van der Waals surface area contributed by atoms with Crippen molar-refractivity contribution in [2.75, 3.05) is 5.75 Å². The second-order valence-electron chi connectivity index (χ2n) is 8.77. The minimum atomic E-state index is -0.537. The third kappa shape index (κ3) is 7.94. The molecule has 2 aromatic rings. The SMILES string of the molecule is Cc1cccc(CN(C(=O)CSCc2ccc(Cl)c(Cl)c2)[C@@H](C)C(=O)NC2CCCCC2)c1. The van der Waals surface area contributed by atoms with E-state index in [0.717, 1.165) is 42.4 Å². The summed E-state index contributed by atoms with van der Waals surface area (Å²) >= 11 is 13.6. The molecule has 0 spiro atoms. The average Bonchev–Trinajstić information content (AvgIpc) is 2.80. The van der Waals surface area contributed by atoms with Crippen LogP contribution in [0.2, 0.25) is 10.0 Å². The van der Waals surface area contributed by atoms with Gasteiger partial charge < -0.3 is 10.2 Å². The molecule has 0 bridgehead atoms. The fraction of sp³-hybridized carbons (Fsp3) is 0.462. The van der Waals surface area contributed by atoms with E-state index in [-0.39, 0.29) is 23.6 Å². The Balaban J connectivity index is 1.65. The second kappa shape index (κ2) is 12.7. The van der Waals surface area contributed by atoms with Crippen LogP contribution in [-0.2, 0) is 21.9 Å². The molecule has 0 heterocycles. The summed E-state index contributed by atoms with van der Waals surface area (Å²) in [4.78, 5) is 28.0. The summed E-state index contributed by atoms with van der Waals surface area (Å²) in [6, 6.07) is 13.3. The van der Waals surface area contributed by atoms with Crippen molar-refractivity contribution in [2.45, 2.75) is 70.3 Å². The smallest absolute Gasteiger partial charge is 0.242 e. The molecule has 178 valence electrons. The summed E-state index contributed by atoms with van der Waals surface area (Å²) < 4.78 is 0. The predicted octanol–water partition coefficient (Wildman–Crippen LogP) is 6.40. The highest BCUT2D eigenvalue weighted by atomic mass is 35.5. The summed E-state index contributed by atoms with van der Waals surface area (Å²) in [6.07, 6.45) is 5.57. The fourth-order valence-corrected chi connectivity index (χ4v) is 5.31. The van der Waals surface area contributed by atoms with Crippen molar-refractivity contribution < 1.29 is 9.59 Å². The molecular weight excluding hydrogens is 475 g/mol. The van der Waals surface area contributed by atoms with Gasteiger partial charge in [-0.25, -0.2) is 0 Å². The van der Waals surface area contributed by atoms with Crippen LogP contribution in [0.3, 0.4) is 0 Å². The zero-order valence-corrected chi connectivity index (χ0v) is 21.6. The van der Waals surface area contributed by atoms with Gasteiger partial charge >= 0.3 is 0 Å². The lowest BCUT2D eigenvalue weighted by molar-refractivity contribution is -0.139. The van der Waals surface area contributed by atoms with Gasteiger partial charge in [-0.1, -0.05) is 78.4 Å². The van der Waals surface area contributed by atoms with Gasteiger partial charge in [0, 0.05) is 18.3 Å². The van der Waals surface area contributed by atoms with Gasteiger partial charge in [0.1, 0.15) is 6.04 Å². The van der Waals surface area contributed by atoms with Gasteiger partial charge in [0.25, 0.3) is 0 Å². The van der Waals surface area contributed by atoms with Gasteiger partial charge in [-0.15, -0.1) is 11.8 Å². The van der Waals surface area contributed by atoms with E-state index in [2.05, 4.69) is 11.4 Å². The largest absolute Gasteiger partial charge is 0.352 e. The predicted molar refractivity (Wildman–Crippen MR) is 139 cm³/mol. The Morgan fingerprint density at radius 3 is 2.52 bits per heavy atom. The number of carbonyl (C=O) groups excluding carboxylic acids is 2. The van der Waals surface area contributed by atoms with Gasteiger partial charge in [0.05, 0.1) is 15.8 Å². The van der Waals surface area contributed by atoms with Crippen LogP contribution in [0.5, 0.6) is 0 Å². The van der Waals surface area contributed by atoms with Crippen molar-refractivity contribution >= 4 is 46.8 Å². The summed E-state index contributed by atoms with van der Waals surface area (Å²) in [5.74, 6) is 0.807. The molecule has 2 aromatic carbocycles. The number of benzene rings is 2. The molecule has 0 saturated heterocycles. The summed E-state index contributed by atoms with van der Waals surface area (Å²) in [7, 11) is 0. The number of hydrogen-bond donors (Lipinski definition) is 1. The molecule has 0 aliphatic heterocycles. The molecule has 1 N–H and O–H groups in total. The standard InChI is InChI=1S/C26H32Cl2N2O2S/c1-18-7-6-8-20(13-18)15-30(19(2)26(32)29-22-9-4-3-5-10-22)25(31)17-33-16-21-11-12-23(27)24(28)14-21/h6-8,11-14,19,22H,3-5,9-10,15-17H2,1-2H3,(H,29,32)/t19-/m0/s1. The maximum absolute atomic E-state index is 13.3. The van der Waals surface area contributed by atoms with Crippen molar-refractivity contribution in [3.05, 3.63) is 69.2 Å². The van der Waals surface area contributed by atoms with Crippen LogP contribution in [0.25, 0.3) is 0 Å². The maximum atomic E-state index is 13.3. The minimum absolute atomic E-state index is 0.0483. The highest BCUT2D eigenvalue weighted by molar-refractivity contribution is 7.99. The normalized spacial score (nSPS) is 15.2. The van der Waals surface area contributed by atoms with Crippen LogP contribution >= 0.6 is 35.0 Å². The van der Waals surface area contributed by atoms with Crippen molar-refractivity contribution in [3.8, 4) is 0 Å². The number of hydrogen-bond acceptors (Lipinski definition) is 3. The molecular formula is C26H32Cl2N2O2S. The number of halogens is 2. The maximum Gasteiger partial charge on any atom is 0.242 e. The van der Waals surface area contributed by atoms with Crippen LogP contribution in [-0.4, -0.2) is 34.6 Å². The first-order chi connectivity index (χ1) is 15.8. The van der Waals surface area contributed by atoms with Crippen LogP contribution in [0, 0.1) is 6.92 Å². The Labute approximate surface area is 211 Å². The van der Waals surface area contributed by atoms with Crippen molar-refractivity contribution in [1.82, 2.24) is 10.2 Å². The first-order valence-electron chi connectivity index (χ1n) is 11.5. The third-order valence-electron chi connectivity index (χ3n) is 6.03. The Morgan fingerprint density at radius 2 is 1.82 bits per heavy atom. The monoisotopic (exact) mass is 506 g/mol. The Bertz CT molecular complexity index is 963. The van der Waals surface area contributed by atoms with E-state index in [0.29, 0.717) is 22.3 Å². The lowest BCUT2D eigenvalue weighted by atomic mass is 9.95. The Hall–Kier alpha value is -1.69. The molecule has 0 unspecified atom stereocenters. The quantitative estimate of drug-likeness (QED) is 0.427. The number of rotatable bonds is 9. The number of amides is 2. The van der Waals surface area contributed by atoms with E-state index in [4.69, 9.17) is 23.2 Å². The third-order valence-corrected chi connectivity index (χ3v) is 7.76. The van der Waals surface area contributed by atoms with Crippen LogP contribution in [0.1, 0.15) is 55.7 Å². The number of aryl methyl sites for hydroxylation is 1. The zero-order valence-electron chi connectivity index (χ0n) is 19.3. The van der Waals surface area contributed by atoms with E-state index in [1.54, 1.807) is 11.0 Å². The van der Waals surface area contributed by atoms with Crippen molar-refractivity contribution in [2.24, 2.45) is 0 Å². The molecule has 33 heavy (non-hydrogen) atoms. The Morgan fingerprint density at radius 1 is 1.06 bits per heavy atom. The van der Waals surface area contributed by atoms with Crippen molar-refractivity contribution in [3.63, 3.8) is 0 Å². The summed E-state index contributed by atoms with van der Waals surface area (Å²) in [5.41, 5.74) is 3.17. The molecule has 7 heteroatoms. The zero-order chi connectivity index (χ0) is 23.8. The molecule has 1 aliphatic carbocycles. The summed E-state index contributed by atoms with van der Waals surface area (Å²) in [5, 5.41) is 4.20. The summed E-state index contributed by atoms with van der Waals surface area (Å²) in [6.45, 7) is 4.27. The molecule has 1 atom stereocenters. The van der Waals surface area contributed by atoms with E-state index in [1.165, 1.54) is 18.2 Å². The number of nitrogens with one attached hydrogen (secondary N) is 1. The van der Waals surface area contributed by atoms with Gasteiger partial charge in [-0.3, -0.25) is 9.59 Å². The molecule has 0 aromatic heterocycles. The molecule has 1 fully saturated rings. The number of carbonyl (C=O) groups is 2. The average molecular weight is 508 g/mol. The lowest BCUT2D eigenvalue weighted by Gasteiger charge is -2.31. The highest BCUT2D eigenvalue weighted by Crippen LogP contribution is 2.25. The molecule has 2 amide bonds. The van der Waals surface area contributed by atoms with Crippen LogP contribution in [0.4, 0.5) is 0 Å². The molecule has 1 saturated carbocycles. The highest BCUT2D eigenvalue weighted by Gasteiger charge is 2.28. The molecule has 3 rings (SSSR count). The van der Waals surface area contributed by atoms with Gasteiger partial charge in [0.2, 0.25) is 11.8 Å². The van der Waals surface area contributed by atoms with Crippen molar-refractivity contribution in [1.29, 1.82) is 0 Å². The second-order valence-corrected chi connectivity index (χ2v) is 10.6. The Kier molecular flexibility index (Phi) is 9.96. The van der Waals surface area contributed by atoms with Gasteiger partial charge in [-0.2, -0.15) is 0 Å². The first-order valence-corrected chi connectivity index (χ1v) is 13.4. The minimum Gasteiger partial charge on any atom is -0.352 e. The molecule has 4 nitrogen and oxygen atoms in total. The number of thioether (sulfide) groups is 1. The molecule has 1 aliphatic rings.